The standard InChI is InChI=1S/C24H24N2O2/c1-18-9-5-6-12-21(18)24(19-10-3-2-4-11-19)28-16-20(27)15-26-17-25-22-13-7-8-14-23(22)26/h2-14,17,20,24,27H,15-16H2,1H3/t20-,24+/m0/s1. The molecule has 0 radical (unpaired) electrons. The Morgan fingerprint density at radius 2 is 1.64 bits per heavy atom. The lowest BCUT2D eigenvalue weighted by Crippen LogP contribution is -2.23. The molecule has 1 heterocycles. The largest absolute Gasteiger partial charge is 0.389 e. The van der Waals surface area contributed by atoms with E-state index in [4.69, 9.17) is 4.74 Å². The summed E-state index contributed by atoms with van der Waals surface area (Å²) < 4.78 is 8.20. The van der Waals surface area contributed by atoms with E-state index in [1.165, 1.54) is 5.56 Å². The Labute approximate surface area is 165 Å². The Bertz CT molecular complexity index is 1040. The van der Waals surface area contributed by atoms with Gasteiger partial charge in [-0.25, -0.2) is 4.98 Å². The van der Waals surface area contributed by atoms with Crippen LogP contribution in [0.1, 0.15) is 22.8 Å². The molecule has 2 atom stereocenters. The normalized spacial score (nSPS) is 13.5. The van der Waals surface area contributed by atoms with Crippen molar-refractivity contribution >= 4 is 11.0 Å². The van der Waals surface area contributed by atoms with Crippen LogP contribution in [0.2, 0.25) is 0 Å². The van der Waals surface area contributed by atoms with Gasteiger partial charge >= 0.3 is 0 Å². The van der Waals surface area contributed by atoms with Crippen LogP contribution in [0.4, 0.5) is 0 Å². The first-order valence-corrected chi connectivity index (χ1v) is 9.52. The molecule has 4 nitrogen and oxygen atoms in total. The number of ether oxygens (including phenoxy) is 1. The third kappa shape index (κ3) is 3.98. The Morgan fingerprint density at radius 3 is 2.46 bits per heavy atom. The second-order valence-electron chi connectivity index (χ2n) is 7.02. The average molecular weight is 372 g/mol. The maximum atomic E-state index is 10.6. The molecule has 4 rings (SSSR count). The maximum absolute atomic E-state index is 10.6. The summed E-state index contributed by atoms with van der Waals surface area (Å²) in [5.41, 5.74) is 5.32. The molecule has 0 saturated carbocycles. The van der Waals surface area contributed by atoms with Crippen molar-refractivity contribution < 1.29 is 9.84 Å². The number of hydrogen-bond donors (Lipinski definition) is 1. The van der Waals surface area contributed by atoms with Crippen molar-refractivity contribution in [1.29, 1.82) is 0 Å². The van der Waals surface area contributed by atoms with Gasteiger partial charge in [0, 0.05) is 0 Å². The van der Waals surface area contributed by atoms with E-state index >= 15 is 0 Å². The van der Waals surface area contributed by atoms with Crippen molar-refractivity contribution in [2.75, 3.05) is 6.61 Å². The van der Waals surface area contributed by atoms with Gasteiger partial charge in [-0.15, -0.1) is 0 Å². The Balaban J connectivity index is 1.50. The summed E-state index contributed by atoms with van der Waals surface area (Å²) in [5.74, 6) is 0. The molecule has 28 heavy (non-hydrogen) atoms. The zero-order valence-corrected chi connectivity index (χ0v) is 15.9. The van der Waals surface area contributed by atoms with Gasteiger partial charge in [-0.3, -0.25) is 0 Å². The van der Waals surface area contributed by atoms with Crippen LogP contribution in [-0.2, 0) is 11.3 Å². The smallest absolute Gasteiger partial charge is 0.108 e. The van der Waals surface area contributed by atoms with E-state index in [0.717, 1.165) is 22.2 Å². The molecule has 0 fully saturated rings. The molecule has 4 aromatic rings. The number of hydrogen-bond acceptors (Lipinski definition) is 3. The fraction of sp³-hybridized carbons (Fsp3) is 0.208. The van der Waals surface area contributed by atoms with Gasteiger partial charge in [-0.05, 0) is 35.7 Å². The van der Waals surface area contributed by atoms with Crippen molar-refractivity contribution in [3.63, 3.8) is 0 Å². The number of aryl methyl sites for hydroxylation is 1. The summed E-state index contributed by atoms with van der Waals surface area (Å²) in [5, 5.41) is 10.6. The molecule has 0 saturated heterocycles. The van der Waals surface area contributed by atoms with E-state index < -0.39 is 6.10 Å². The van der Waals surface area contributed by atoms with Gasteiger partial charge in [-0.2, -0.15) is 0 Å². The number of imidazole rings is 1. The first kappa shape index (κ1) is 18.4. The molecule has 0 aliphatic carbocycles. The van der Waals surface area contributed by atoms with Gasteiger partial charge in [0.05, 0.1) is 36.6 Å². The van der Waals surface area contributed by atoms with Gasteiger partial charge in [0.1, 0.15) is 6.10 Å². The van der Waals surface area contributed by atoms with Crippen LogP contribution < -0.4 is 0 Å². The Morgan fingerprint density at radius 1 is 0.929 bits per heavy atom. The van der Waals surface area contributed by atoms with Crippen molar-refractivity contribution in [1.82, 2.24) is 9.55 Å². The van der Waals surface area contributed by atoms with Crippen molar-refractivity contribution in [3.8, 4) is 0 Å². The molecule has 0 spiro atoms. The number of nitrogens with zero attached hydrogens (tertiary/aromatic N) is 2. The lowest BCUT2D eigenvalue weighted by atomic mass is 9.97. The average Bonchev–Trinajstić information content (AvgIpc) is 3.13. The number of aliphatic hydroxyl groups is 1. The molecule has 0 amide bonds. The highest BCUT2D eigenvalue weighted by atomic mass is 16.5. The first-order chi connectivity index (χ1) is 13.7. The number of aliphatic hydroxyl groups excluding tert-OH is 1. The molecule has 0 aliphatic rings. The Kier molecular flexibility index (Phi) is 5.51. The lowest BCUT2D eigenvalue weighted by molar-refractivity contribution is -0.000360. The fourth-order valence-corrected chi connectivity index (χ4v) is 3.52. The molecule has 4 heteroatoms. The number of benzene rings is 3. The first-order valence-electron chi connectivity index (χ1n) is 9.52. The molecule has 0 aliphatic heterocycles. The van der Waals surface area contributed by atoms with E-state index in [1.807, 2.05) is 59.2 Å². The van der Waals surface area contributed by atoms with Crippen LogP contribution in [0.15, 0.2) is 85.2 Å². The number of aromatic nitrogens is 2. The molecular weight excluding hydrogens is 348 g/mol. The highest BCUT2D eigenvalue weighted by Gasteiger charge is 2.18. The van der Waals surface area contributed by atoms with Crippen molar-refractivity contribution in [2.24, 2.45) is 0 Å². The van der Waals surface area contributed by atoms with Crippen LogP contribution in [0.5, 0.6) is 0 Å². The number of rotatable bonds is 7. The van der Waals surface area contributed by atoms with Crippen LogP contribution >= 0.6 is 0 Å². The molecule has 142 valence electrons. The molecular formula is C24H24N2O2. The summed E-state index contributed by atoms with van der Waals surface area (Å²) in [4.78, 5) is 4.38. The SMILES string of the molecule is Cc1ccccc1[C@H](OC[C@@H](O)Cn1cnc2ccccc21)c1ccccc1. The Hall–Kier alpha value is -2.95. The molecule has 0 unspecified atom stereocenters. The topological polar surface area (TPSA) is 47.3 Å². The van der Waals surface area contributed by atoms with Crippen molar-refractivity contribution in [3.05, 3.63) is 102 Å². The van der Waals surface area contributed by atoms with Gasteiger partial charge < -0.3 is 14.4 Å². The maximum Gasteiger partial charge on any atom is 0.108 e. The summed E-state index contributed by atoms with van der Waals surface area (Å²) in [7, 11) is 0. The zero-order valence-electron chi connectivity index (χ0n) is 15.9. The lowest BCUT2D eigenvalue weighted by Gasteiger charge is -2.22. The predicted octanol–water partition coefficient (Wildman–Crippen LogP) is 4.51. The van der Waals surface area contributed by atoms with E-state index in [9.17, 15) is 5.11 Å². The summed E-state index contributed by atoms with van der Waals surface area (Å²) >= 11 is 0. The molecule has 1 N–H and O–H groups in total. The molecule has 1 aromatic heterocycles. The highest BCUT2D eigenvalue weighted by molar-refractivity contribution is 5.74. The van der Waals surface area contributed by atoms with Gasteiger partial charge in [0.25, 0.3) is 0 Å². The minimum absolute atomic E-state index is 0.211. The second kappa shape index (κ2) is 8.38. The van der Waals surface area contributed by atoms with Gasteiger partial charge in [-0.1, -0.05) is 66.7 Å². The zero-order chi connectivity index (χ0) is 19.3. The summed E-state index contributed by atoms with van der Waals surface area (Å²) in [6, 6.07) is 26.3. The van der Waals surface area contributed by atoms with Crippen LogP contribution in [-0.4, -0.2) is 27.4 Å². The minimum Gasteiger partial charge on any atom is -0.389 e. The fourth-order valence-electron chi connectivity index (χ4n) is 3.52. The van der Waals surface area contributed by atoms with Gasteiger partial charge in [0.15, 0.2) is 0 Å². The summed E-state index contributed by atoms with van der Waals surface area (Å²) in [6.45, 7) is 2.76. The third-order valence-electron chi connectivity index (χ3n) is 4.96. The predicted molar refractivity (Wildman–Crippen MR) is 111 cm³/mol. The van der Waals surface area contributed by atoms with Crippen LogP contribution in [0.3, 0.4) is 0 Å². The van der Waals surface area contributed by atoms with E-state index in [2.05, 4.69) is 36.2 Å². The van der Waals surface area contributed by atoms with Crippen LogP contribution in [0.25, 0.3) is 11.0 Å². The third-order valence-corrected chi connectivity index (χ3v) is 4.96. The highest BCUT2D eigenvalue weighted by Crippen LogP contribution is 2.28. The number of fused-ring (bicyclic) bond motifs is 1. The van der Waals surface area contributed by atoms with Crippen molar-refractivity contribution in [2.45, 2.75) is 25.7 Å². The molecule has 3 aromatic carbocycles. The minimum atomic E-state index is -0.632. The molecule has 0 bridgehead atoms. The van der Waals surface area contributed by atoms with E-state index in [-0.39, 0.29) is 12.7 Å². The summed E-state index contributed by atoms with van der Waals surface area (Å²) in [6.07, 6.45) is 0.925. The second-order valence-corrected chi connectivity index (χ2v) is 7.02. The van der Waals surface area contributed by atoms with Crippen LogP contribution in [0, 0.1) is 6.92 Å². The van der Waals surface area contributed by atoms with Gasteiger partial charge in [0.2, 0.25) is 0 Å². The monoisotopic (exact) mass is 372 g/mol. The van der Waals surface area contributed by atoms with E-state index in [1.54, 1.807) is 6.33 Å². The van der Waals surface area contributed by atoms with E-state index in [0.29, 0.717) is 6.54 Å². The number of para-hydroxylation sites is 2. The quantitative estimate of drug-likeness (QED) is 0.519.